The van der Waals surface area contributed by atoms with Crippen LogP contribution >= 0.6 is 0 Å². The van der Waals surface area contributed by atoms with Gasteiger partial charge in [0.2, 0.25) is 11.8 Å². The Bertz CT molecular complexity index is 724. The predicted octanol–water partition coefficient (Wildman–Crippen LogP) is 4.00. The molecule has 1 atom stereocenters. The molecule has 0 saturated heterocycles. The van der Waals surface area contributed by atoms with Crippen molar-refractivity contribution in [1.82, 2.24) is 10.2 Å². The fourth-order valence-corrected chi connectivity index (χ4v) is 2.93. The minimum absolute atomic E-state index is 0.0307. The van der Waals surface area contributed by atoms with Gasteiger partial charge in [0.05, 0.1) is 12.5 Å². The second-order valence-electron chi connectivity index (χ2n) is 6.97. The van der Waals surface area contributed by atoms with Crippen molar-refractivity contribution < 1.29 is 9.59 Å². The zero-order valence-electron chi connectivity index (χ0n) is 16.0. The van der Waals surface area contributed by atoms with E-state index in [0.29, 0.717) is 6.54 Å². The second kappa shape index (κ2) is 9.18. The molecule has 2 rings (SSSR count). The summed E-state index contributed by atoms with van der Waals surface area (Å²) in [6.45, 7) is 8.09. The molecule has 0 radical (unpaired) electrons. The molecule has 0 saturated carbocycles. The monoisotopic (exact) mass is 352 g/mol. The maximum Gasteiger partial charge on any atom is 0.225 e. The number of carbonyl (C=O) groups is 2. The highest BCUT2D eigenvalue weighted by Gasteiger charge is 2.23. The van der Waals surface area contributed by atoms with Crippen LogP contribution in [-0.2, 0) is 16.1 Å². The van der Waals surface area contributed by atoms with Gasteiger partial charge in [0.15, 0.2) is 0 Å². The van der Waals surface area contributed by atoms with Gasteiger partial charge in [-0.05, 0) is 31.9 Å². The van der Waals surface area contributed by atoms with Gasteiger partial charge in [-0.25, -0.2) is 0 Å². The number of nitrogens with one attached hydrogen (secondary N) is 1. The fourth-order valence-electron chi connectivity index (χ4n) is 2.93. The van der Waals surface area contributed by atoms with Gasteiger partial charge in [-0.3, -0.25) is 9.59 Å². The first-order chi connectivity index (χ1) is 12.4. The molecule has 0 aliphatic rings. The van der Waals surface area contributed by atoms with Crippen molar-refractivity contribution in [2.45, 2.75) is 52.7 Å². The summed E-state index contributed by atoms with van der Waals surface area (Å²) < 4.78 is 0. The Hall–Kier alpha value is -2.62. The Labute approximate surface area is 156 Å². The molecule has 0 bridgehead atoms. The van der Waals surface area contributed by atoms with Crippen LogP contribution in [-0.4, -0.2) is 22.8 Å². The smallest absolute Gasteiger partial charge is 0.225 e. The fraction of sp³-hybridized carbons (Fsp3) is 0.364. The standard InChI is InChI=1S/C22H28N2O2/c1-16(2)24(15-19-8-6-5-7-9-19)22(26)14-21(23-18(4)25)20-12-10-17(3)11-13-20/h5-13,16,21H,14-15H2,1-4H3,(H,23,25). The van der Waals surface area contributed by atoms with Crippen LogP contribution in [0, 0.1) is 6.92 Å². The van der Waals surface area contributed by atoms with E-state index in [1.165, 1.54) is 6.92 Å². The minimum atomic E-state index is -0.322. The summed E-state index contributed by atoms with van der Waals surface area (Å²) in [5, 5.41) is 2.92. The molecule has 1 unspecified atom stereocenters. The lowest BCUT2D eigenvalue weighted by atomic mass is 10.0. The lowest BCUT2D eigenvalue weighted by molar-refractivity contribution is -0.134. The van der Waals surface area contributed by atoms with E-state index in [2.05, 4.69) is 5.32 Å². The molecule has 26 heavy (non-hydrogen) atoms. The molecule has 1 N–H and O–H groups in total. The summed E-state index contributed by atoms with van der Waals surface area (Å²) in [5.74, 6) is -0.106. The summed E-state index contributed by atoms with van der Waals surface area (Å²) in [5.41, 5.74) is 3.19. The van der Waals surface area contributed by atoms with Gasteiger partial charge in [-0.15, -0.1) is 0 Å². The van der Waals surface area contributed by atoms with Crippen LogP contribution in [0.25, 0.3) is 0 Å². The van der Waals surface area contributed by atoms with Crippen LogP contribution in [0.15, 0.2) is 54.6 Å². The third-order valence-electron chi connectivity index (χ3n) is 4.38. The molecule has 2 amide bonds. The number of amides is 2. The quantitative estimate of drug-likeness (QED) is 0.819. The van der Waals surface area contributed by atoms with Gasteiger partial charge in [-0.1, -0.05) is 60.2 Å². The molecule has 0 aromatic heterocycles. The molecule has 0 spiro atoms. The van der Waals surface area contributed by atoms with E-state index in [4.69, 9.17) is 0 Å². The van der Waals surface area contributed by atoms with E-state index in [1.54, 1.807) is 0 Å². The Balaban J connectivity index is 2.17. The first-order valence-corrected chi connectivity index (χ1v) is 9.04. The maximum absolute atomic E-state index is 13.0. The molecule has 2 aromatic rings. The van der Waals surface area contributed by atoms with E-state index in [-0.39, 0.29) is 30.3 Å². The number of hydrogen-bond acceptors (Lipinski definition) is 2. The van der Waals surface area contributed by atoms with Gasteiger partial charge < -0.3 is 10.2 Å². The Kier molecular flexibility index (Phi) is 6.96. The van der Waals surface area contributed by atoms with Crippen LogP contribution in [0.3, 0.4) is 0 Å². The lowest BCUT2D eigenvalue weighted by Crippen LogP contribution is -2.39. The molecule has 0 heterocycles. The van der Waals surface area contributed by atoms with E-state index < -0.39 is 0 Å². The molecule has 4 nitrogen and oxygen atoms in total. The van der Waals surface area contributed by atoms with Crippen molar-refractivity contribution in [2.75, 3.05) is 0 Å². The molecular formula is C22H28N2O2. The second-order valence-corrected chi connectivity index (χ2v) is 6.97. The van der Waals surface area contributed by atoms with Crippen molar-refractivity contribution in [3.63, 3.8) is 0 Å². The van der Waals surface area contributed by atoms with Crippen LogP contribution in [0.5, 0.6) is 0 Å². The maximum atomic E-state index is 13.0. The van der Waals surface area contributed by atoms with E-state index in [1.807, 2.05) is 80.3 Å². The average Bonchev–Trinajstić information content (AvgIpc) is 2.60. The van der Waals surface area contributed by atoms with Crippen molar-refractivity contribution in [3.8, 4) is 0 Å². The Morgan fingerprint density at radius 2 is 1.62 bits per heavy atom. The van der Waals surface area contributed by atoms with Crippen LogP contribution in [0.4, 0.5) is 0 Å². The van der Waals surface area contributed by atoms with E-state index in [0.717, 1.165) is 16.7 Å². The van der Waals surface area contributed by atoms with Crippen molar-refractivity contribution in [2.24, 2.45) is 0 Å². The molecule has 0 aliphatic carbocycles. The molecule has 0 fully saturated rings. The van der Waals surface area contributed by atoms with Crippen LogP contribution < -0.4 is 5.32 Å². The molecular weight excluding hydrogens is 324 g/mol. The van der Waals surface area contributed by atoms with E-state index >= 15 is 0 Å². The highest BCUT2D eigenvalue weighted by atomic mass is 16.2. The van der Waals surface area contributed by atoms with Gasteiger partial charge in [0.1, 0.15) is 0 Å². The predicted molar refractivity (Wildman–Crippen MR) is 104 cm³/mol. The van der Waals surface area contributed by atoms with Crippen LogP contribution in [0.1, 0.15) is 49.9 Å². The molecule has 0 aliphatic heterocycles. The van der Waals surface area contributed by atoms with Gasteiger partial charge in [0.25, 0.3) is 0 Å². The number of rotatable bonds is 7. The topological polar surface area (TPSA) is 49.4 Å². The zero-order valence-corrected chi connectivity index (χ0v) is 16.0. The third-order valence-corrected chi connectivity index (χ3v) is 4.38. The molecule has 138 valence electrons. The first-order valence-electron chi connectivity index (χ1n) is 9.04. The SMILES string of the molecule is CC(=O)NC(CC(=O)N(Cc1ccccc1)C(C)C)c1ccc(C)cc1. The summed E-state index contributed by atoms with van der Waals surface area (Å²) in [6.07, 6.45) is 0.244. The minimum Gasteiger partial charge on any atom is -0.349 e. The van der Waals surface area contributed by atoms with Gasteiger partial charge in [0, 0.05) is 19.5 Å². The molecule has 4 heteroatoms. The lowest BCUT2D eigenvalue weighted by Gasteiger charge is -2.29. The number of benzene rings is 2. The van der Waals surface area contributed by atoms with Crippen molar-refractivity contribution >= 4 is 11.8 Å². The highest BCUT2D eigenvalue weighted by Crippen LogP contribution is 2.20. The summed E-state index contributed by atoms with van der Waals surface area (Å²) in [6, 6.07) is 17.7. The number of nitrogens with zero attached hydrogens (tertiary/aromatic N) is 1. The van der Waals surface area contributed by atoms with Gasteiger partial charge in [-0.2, -0.15) is 0 Å². The summed E-state index contributed by atoms with van der Waals surface area (Å²) >= 11 is 0. The largest absolute Gasteiger partial charge is 0.349 e. The van der Waals surface area contributed by atoms with Crippen molar-refractivity contribution in [3.05, 3.63) is 71.3 Å². The third kappa shape index (κ3) is 5.73. The number of aryl methyl sites for hydroxylation is 1. The first kappa shape index (κ1) is 19.7. The number of hydrogen-bond donors (Lipinski definition) is 1. The normalized spacial score (nSPS) is 11.9. The van der Waals surface area contributed by atoms with Gasteiger partial charge >= 0.3 is 0 Å². The number of carbonyl (C=O) groups excluding carboxylic acids is 2. The Morgan fingerprint density at radius 1 is 1.00 bits per heavy atom. The van der Waals surface area contributed by atoms with E-state index in [9.17, 15) is 9.59 Å². The zero-order chi connectivity index (χ0) is 19.1. The average molecular weight is 352 g/mol. The van der Waals surface area contributed by atoms with Crippen LogP contribution in [0.2, 0.25) is 0 Å². The Morgan fingerprint density at radius 3 is 2.15 bits per heavy atom. The molecule has 2 aromatic carbocycles. The summed E-state index contributed by atoms with van der Waals surface area (Å²) in [7, 11) is 0. The van der Waals surface area contributed by atoms with Crippen molar-refractivity contribution in [1.29, 1.82) is 0 Å². The highest BCUT2D eigenvalue weighted by molar-refractivity contribution is 5.79. The summed E-state index contributed by atoms with van der Waals surface area (Å²) in [4.78, 5) is 26.5.